The number of benzene rings is 1. The molecule has 1 saturated heterocycles. The Bertz CT molecular complexity index is 312. The SMILES string of the molecule is Cc1ccc(CCNCCC2CCNC2)cc1. The van der Waals surface area contributed by atoms with Crippen molar-refractivity contribution < 1.29 is 0 Å². The quantitative estimate of drug-likeness (QED) is 0.734. The van der Waals surface area contributed by atoms with Crippen molar-refractivity contribution in [3.63, 3.8) is 0 Å². The van der Waals surface area contributed by atoms with Crippen LogP contribution in [0.25, 0.3) is 0 Å². The molecule has 0 radical (unpaired) electrons. The summed E-state index contributed by atoms with van der Waals surface area (Å²) in [4.78, 5) is 0. The molecule has 0 spiro atoms. The van der Waals surface area contributed by atoms with Gasteiger partial charge in [-0.1, -0.05) is 29.8 Å². The first-order valence-corrected chi connectivity index (χ1v) is 6.81. The van der Waals surface area contributed by atoms with E-state index < -0.39 is 0 Å². The lowest BCUT2D eigenvalue weighted by atomic mass is 10.1. The highest BCUT2D eigenvalue weighted by Crippen LogP contribution is 2.10. The molecule has 0 aliphatic carbocycles. The second-order valence-electron chi connectivity index (χ2n) is 5.13. The van der Waals surface area contributed by atoms with E-state index in [-0.39, 0.29) is 0 Å². The van der Waals surface area contributed by atoms with Gasteiger partial charge in [-0.05, 0) is 63.8 Å². The van der Waals surface area contributed by atoms with Crippen molar-refractivity contribution in [1.29, 1.82) is 0 Å². The fraction of sp³-hybridized carbons (Fsp3) is 0.600. The molecule has 94 valence electrons. The molecular weight excluding hydrogens is 208 g/mol. The first kappa shape index (κ1) is 12.6. The van der Waals surface area contributed by atoms with Gasteiger partial charge >= 0.3 is 0 Å². The van der Waals surface area contributed by atoms with Gasteiger partial charge in [0.05, 0.1) is 0 Å². The molecule has 1 aliphatic heterocycles. The van der Waals surface area contributed by atoms with E-state index in [1.807, 2.05) is 0 Å². The van der Waals surface area contributed by atoms with Gasteiger partial charge in [0.15, 0.2) is 0 Å². The van der Waals surface area contributed by atoms with Crippen LogP contribution >= 0.6 is 0 Å². The van der Waals surface area contributed by atoms with Crippen LogP contribution in [0, 0.1) is 12.8 Å². The van der Waals surface area contributed by atoms with Gasteiger partial charge in [-0.2, -0.15) is 0 Å². The normalized spacial score (nSPS) is 19.7. The summed E-state index contributed by atoms with van der Waals surface area (Å²) in [7, 11) is 0. The van der Waals surface area contributed by atoms with E-state index in [9.17, 15) is 0 Å². The maximum absolute atomic E-state index is 3.55. The summed E-state index contributed by atoms with van der Waals surface area (Å²) in [6, 6.07) is 8.86. The van der Waals surface area contributed by atoms with Crippen molar-refractivity contribution in [3.8, 4) is 0 Å². The molecule has 2 nitrogen and oxygen atoms in total. The summed E-state index contributed by atoms with van der Waals surface area (Å²) in [5, 5.41) is 6.96. The van der Waals surface area contributed by atoms with Crippen molar-refractivity contribution >= 4 is 0 Å². The number of rotatable bonds is 6. The number of nitrogens with one attached hydrogen (secondary N) is 2. The Kier molecular flexibility index (Phi) is 5.02. The molecule has 1 aromatic rings. The van der Waals surface area contributed by atoms with Gasteiger partial charge < -0.3 is 10.6 Å². The molecule has 1 atom stereocenters. The summed E-state index contributed by atoms with van der Waals surface area (Å²) in [5.74, 6) is 0.905. The molecule has 1 unspecified atom stereocenters. The van der Waals surface area contributed by atoms with Crippen LogP contribution in [0.2, 0.25) is 0 Å². The van der Waals surface area contributed by atoms with Gasteiger partial charge in [0.25, 0.3) is 0 Å². The molecule has 1 heterocycles. The second kappa shape index (κ2) is 6.77. The smallest absolute Gasteiger partial charge is 0.000835 e. The van der Waals surface area contributed by atoms with E-state index in [4.69, 9.17) is 0 Å². The molecule has 2 N–H and O–H groups in total. The first-order chi connectivity index (χ1) is 8.34. The van der Waals surface area contributed by atoms with Crippen molar-refractivity contribution in [2.45, 2.75) is 26.2 Å². The topological polar surface area (TPSA) is 24.1 Å². The van der Waals surface area contributed by atoms with Gasteiger partial charge in [-0.25, -0.2) is 0 Å². The van der Waals surface area contributed by atoms with Crippen molar-refractivity contribution in [1.82, 2.24) is 10.6 Å². The monoisotopic (exact) mass is 232 g/mol. The van der Waals surface area contributed by atoms with Crippen LogP contribution in [-0.4, -0.2) is 26.2 Å². The van der Waals surface area contributed by atoms with Gasteiger partial charge in [0.1, 0.15) is 0 Å². The van der Waals surface area contributed by atoms with E-state index in [1.165, 1.54) is 37.1 Å². The van der Waals surface area contributed by atoms with E-state index in [2.05, 4.69) is 41.8 Å². The van der Waals surface area contributed by atoms with Crippen LogP contribution in [0.4, 0.5) is 0 Å². The van der Waals surface area contributed by atoms with Crippen LogP contribution in [0.15, 0.2) is 24.3 Å². The molecule has 1 aromatic carbocycles. The summed E-state index contributed by atoms with van der Waals surface area (Å²) in [6.45, 7) is 6.84. The zero-order valence-corrected chi connectivity index (χ0v) is 10.8. The Balaban J connectivity index is 1.55. The second-order valence-corrected chi connectivity index (χ2v) is 5.13. The average Bonchev–Trinajstić information content (AvgIpc) is 2.84. The lowest BCUT2D eigenvalue weighted by Crippen LogP contribution is -2.21. The summed E-state index contributed by atoms with van der Waals surface area (Å²) in [6.07, 6.45) is 3.82. The maximum Gasteiger partial charge on any atom is -0.000835 e. The van der Waals surface area contributed by atoms with E-state index in [0.717, 1.165) is 25.4 Å². The highest BCUT2D eigenvalue weighted by atomic mass is 14.9. The summed E-state index contributed by atoms with van der Waals surface area (Å²) >= 11 is 0. The fourth-order valence-corrected chi connectivity index (χ4v) is 2.38. The van der Waals surface area contributed by atoms with Crippen LogP contribution in [0.1, 0.15) is 24.0 Å². The maximum atomic E-state index is 3.55. The molecule has 17 heavy (non-hydrogen) atoms. The molecule has 1 aliphatic rings. The molecule has 0 aromatic heterocycles. The third kappa shape index (κ3) is 4.49. The van der Waals surface area contributed by atoms with Crippen LogP contribution in [0.5, 0.6) is 0 Å². The van der Waals surface area contributed by atoms with Crippen LogP contribution < -0.4 is 10.6 Å². The standard InChI is InChI=1S/C15H24N2/c1-13-2-4-14(5-3-13)6-9-16-10-7-15-8-11-17-12-15/h2-5,15-17H,6-12H2,1H3. The van der Waals surface area contributed by atoms with Gasteiger partial charge in [-0.3, -0.25) is 0 Å². The van der Waals surface area contributed by atoms with Gasteiger partial charge in [0, 0.05) is 0 Å². The molecule has 2 heteroatoms. The third-order valence-corrected chi connectivity index (χ3v) is 3.60. The Labute approximate surface area is 105 Å². The zero-order chi connectivity index (χ0) is 11.9. The number of hydrogen-bond donors (Lipinski definition) is 2. The van der Waals surface area contributed by atoms with Crippen molar-refractivity contribution in [3.05, 3.63) is 35.4 Å². The molecule has 2 rings (SSSR count). The minimum atomic E-state index is 0.905. The highest BCUT2D eigenvalue weighted by molar-refractivity contribution is 5.21. The molecule has 0 saturated carbocycles. The van der Waals surface area contributed by atoms with Crippen LogP contribution in [-0.2, 0) is 6.42 Å². The van der Waals surface area contributed by atoms with E-state index >= 15 is 0 Å². The lowest BCUT2D eigenvalue weighted by molar-refractivity contribution is 0.501. The molecule has 0 bridgehead atoms. The van der Waals surface area contributed by atoms with Gasteiger partial charge in [-0.15, -0.1) is 0 Å². The number of hydrogen-bond acceptors (Lipinski definition) is 2. The minimum absolute atomic E-state index is 0.905. The Morgan fingerprint density at radius 1 is 1.24 bits per heavy atom. The summed E-state index contributed by atoms with van der Waals surface area (Å²) in [5.41, 5.74) is 2.78. The third-order valence-electron chi connectivity index (χ3n) is 3.60. The average molecular weight is 232 g/mol. The molecule has 0 amide bonds. The lowest BCUT2D eigenvalue weighted by Gasteiger charge is -2.09. The Morgan fingerprint density at radius 2 is 2.06 bits per heavy atom. The Morgan fingerprint density at radius 3 is 2.76 bits per heavy atom. The van der Waals surface area contributed by atoms with E-state index in [1.54, 1.807) is 0 Å². The predicted octanol–water partition coefficient (Wildman–Crippen LogP) is 2.13. The predicted molar refractivity (Wildman–Crippen MR) is 73.3 cm³/mol. The largest absolute Gasteiger partial charge is 0.316 e. The first-order valence-electron chi connectivity index (χ1n) is 6.81. The Hall–Kier alpha value is -0.860. The highest BCUT2D eigenvalue weighted by Gasteiger charge is 2.12. The van der Waals surface area contributed by atoms with E-state index in [0.29, 0.717) is 0 Å². The van der Waals surface area contributed by atoms with Gasteiger partial charge in [0.2, 0.25) is 0 Å². The van der Waals surface area contributed by atoms with Crippen molar-refractivity contribution in [2.24, 2.45) is 5.92 Å². The zero-order valence-electron chi connectivity index (χ0n) is 10.8. The van der Waals surface area contributed by atoms with Crippen LogP contribution in [0.3, 0.4) is 0 Å². The fourth-order valence-electron chi connectivity index (χ4n) is 2.38. The minimum Gasteiger partial charge on any atom is -0.316 e. The molecule has 1 fully saturated rings. The summed E-state index contributed by atoms with van der Waals surface area (Å²) < 4.78 is 0. The number of aryl methyl sites for hydroxylation is 1. The molecular formula is C15H24N2. The van der Waals surface area contributed by atoms with Crippen molar-refractivity contribution in [2.75, 3.05) is 26.2 Å².